The summed E-state index contributed by atoms with van der Waals surface area (Å²) in [6.07, 6.45) is 1.83. The maximum atomic E-state index is 3.63. The number of benzene rings is 1. The summed E-state index contributed by atoms with van der Waals surface area (Å²) in [7, 11) is 0. The minimum atomic E-state index is 0. The monoisotopic (exact) mass is 184 g/mol. The van der Waals surface area contributed by atoms with E-state index in [4.69, 9.17) is 0 Å². The second-order valence-corrected chi connectivity index (χ2v) is 1.61. The summed E-state index contributed by atoms with van der Waals surface area (Å²) in [5.41, 5.74) is 1.17. The van der Waals surface area contributed by atoms with Crippen molar-refractivity contribution in [3.63, 3.8) is 0 Å². The molecule has 1 rings (SSSR count). The van der Waals surface area contributed by atoms with Gasteiger partial charge < -0.3 is 0 Å². The van der Waals surface area contributed by atoms with Gasteiger partial charge in [0.2, 0.25) is 0 Å². The minimum absolute atomic E-state index is 0. The lowest BCUT2D eigenvalue weighted by Gasteiger charge is -1.85. The summed E-state index contributed by atoms with van der Waals surface area (Å²) in [6, 6.07) is 10.0. The lowest BCUT2D eigenvalue weighted by atomic mass is 10.2. The zero-order valence-electron chi connectivity index (χ0n) is 6.30. The van der Waals surface area contributed by atoms with Crippen molar-refractivity contribution < 1.29 is 18.8 Å². The van der Waals surface area contributed by atoms with Gasteiger partial charge in [-0.05, 0) is 5.56 Å². The van der Waals surface area contributed by atoms with E-state index in [1.165, 1.54) is 5.56 Å². The van der Waals surface area contributed by atoms with Crippen molar-refractivity contribution in [3.05, 3.63) is 42.5 Å². The molecule has 0 aliphatic heterocycles. The van der Waals surface area contributed by atoms with Crippen molar-refractivity contribution in [3.8, 4) is 0 Å². The Bertz CT molecular complexity index is 174. The van der Waals surface area contributed by atoms with Crippen LogP contribution in [0.5, 0.6) is 0 Å². The molecule has 0 aliphatic rings. The zero-order chi connectivity index (χ0) is 5.82. The average Bonchev–Trinajstić information content (AvgIpc) is 1.90. The molecule has 0 aromatic heterocycles. The summed E-state index contributed by atoms with van der Waals surface area (Å²) in [5, 5.41) is 0. The second-order valence-electron chi connectivity index (χ2n) is 1.61. The first kappa shape index (κ1) is 22.4. The Hall–Kier alpha value is -1.32. The minimum Gasteiger partial charge on any atom is -0.269 e. The van der Waals surface area contributed by atoms with Gasteiger partial charge in [-0.3, -0.25) is 18.8 Å². The number of halogens is 4. The van der Waals surface area contributed by atoms with Gasteiger partial charge in [-0.15, -0.1) is 0 Å². The fourth-order valence-corrected chi connectivity index (χ4v) is 0.589. The molecule has 0 saturated carbocycles. The van der Waals surface area contributed by atoms with Crippen LogP contribution in [-0.2, 0) is 0 Å². The van der Waals surface area contributed by atoms with Gasteiger partial charge in [-0.25, -0.2) is 0 Å². The Balaban J connectivity index is -0.0000000800. The molecule has 0 amide bonds. The molecule has 0 heterocycles. The fourth-order valence-electron chi connectivity index (χ4n) is 0.589. The standard InChI is InChI=1S/C8H8.4FH/c1-2-8-6-4-3-5-7-8;;;;/h2-7H,1H2;4*1H. The lowest BCUT2D eigenvalue weighted by molar-refractivity contribution is 1.11. The average molecular weight is 184 g/mol. The largest absolute Gasteiger partial charge is 0.269 e. The first-order valence-electron chi connectivity index (χ1n) is 2.61. The Kier molecular flexibility index (Phi) is 23.1. The van der Waals surface area contributed by atoms with Crippen LogP contribution < -0.4 is 0 Å². The summed E-state index contributed by atoms with van der Waals surface area (Å²) >= 11 is 0. The maximum Gasteiger partial charge on any atom is -0.0263 e. The predicted molar refractivity (Wildman–Crippen MR) is 46.5 cm³/mol. The van der Waals surface area contributed by atoms with E-state index in [9.17, 15) is 0 Å². The molecule has 1 aromatic rings. The number of rotatable bonds is 1. The summed E-state index contributed by atoms with van der Waals surface area (Å²) in [6.45, 7) is 3.63. The molecule has 0 aliphatic carbocycles. The molecule has 1 aromatic carbocycles. The third-order valence-corrected chi connectivity index (χ3v) is 1.04. The molecule has 0 radical (unpaired) electrons. The van der Waals surface area contributed by atoms with E-state index in [1.807, 2.05) is 36.4 Å². The molecule has 4 heteroatoms. The van der Waals surface area contributed by atoms with Crippen LogP contribution in [0.1, 0.15) is 5.56 Å². The normalized spacial score (nSPS) is 5.67. The predicted octanol–water partition coefficient (Wildman–Crippen LogP) is 2.94. The van der Waals surface area contributed by atoms with Gasteiger partial charge in [0.25, 0.3) is 0 Å². The highest BCUT2D eigenvalue weighted by atomic mass is 19.0. The van der Waals surface area contributed by atoms with Gasteiger partial charge in [0.1, 0.15) is 0 Å². The van der Waals surface area contributed by atoms with E-state index >= 15 is 0 Å². The SMILES string of the molecule is C=Cc1ccccc1.F.F.F.F. The van der Waals surface area contributed by atoms with Crippen LogP contribution in [0.25, 0.3) is 6.08 Å². The van der Waals surface area contributed by atoms with Crippen LogP contribution in [0, 0.1) is 0 Å². The molecule has 0 unspecified atom stereocenters. The molecule has 0 saturated heterocycles. The summed E-state index contributed by atoms with van der Waals surface area (Å²) < 4.78 is 0. The van der Waals surface area contributed by atoms with Crippen molar-refractivity contribution in [1.82, 2.24) is 0 Å². The van der Waals surface area contributed by atoms with Crippen LogP contribution in [0.15, 0.2) is 36.9 Å². The van der Waals surface area contributed by atoms with Gasteiger partial charge in [-0.1, -0.05) is 43.0 Å². The molecule has 0 nitrogen and oxygen atoms in total. The van der Waals surface area contributed by atoms with E-state index in [-0.39, 0.29) is 18.8 Å². The molecule has 0 atom stereocenters. The Labute approximate surface area is 68.4 Å². The van der Waals surface area contributed by atoms with Crippen molar-refractivity contribution >= 4 is 6.08 Å². The van der Waals surface area contributed by atoms with Crippen LogP contribution in [0.4, 0.5) is 18.8 Å². The highest BCUT2D eigenvalue weighted by Crippen LogP contribution is 1.97. The van der Waals surface area contributed by atoms with Gasteiger partial charge in [-0.2, -0.15) is 0 Å². The van der Waals surface area contributed by atoms with Crippen molar-refractivity contribution in [2.75, 3.05) is 0 Å². The lowest BCUT2D eigenvalue weighted by Crippen LogP contribution is -1.63. The quantitative estimate of drug-likeness (QED) is 0.588. The first-order chi connectivity index (χ1) is 3.93. The topological polar surface area (TPSA) is 0 Å². The van der Waals surface area contributed by atoms with Crippen LogP contribution in [0.2, 0.25) is 0 Å². The molecular weight excluding hydrogens is 172 g/mol. The van der Waals surface area contributed by atoms with Gasteiger partial charge in [0, 0.05) is 0 Å². The van der Waals surface area contributed by atoms with Gasteiger partial charge in [0.15, 0.2) is 0 Å². The van der Waals surface area contributed by atoms with E-state index in [2.05, 4.69) is 6.58 Å². The molecule has 72 valence electrons. The first-order valence-corrected chi connectivity index (χ1v) is 2.61. The third kappa shape index (κ3) is 6.80. The van der Waals surface area contributed by atoms with E-state index in [0.29, 0.717) is 0 Å². The highest BCUT2D eigenvalue weighted by Gasteiger charge is 1.75. The third-order valence-electron chi connectivity index (χ3n) is 1.04. The number of hydrogen-bond donors (Lipinski definition) is 0. The summed E-state index contributed by atoms with van der Waals surface area (Å²) in [4.78, 5) is 0. The van der Waals surface area contributed by atoms with Gasteiger partial charge in [0.05, 0.1) is 0 Å². The molecule has 0 bridgehead atoms. The van der Waals surface area contributed by atoms with Crippen molar-refractivity contribution in [2.45, 2.75) is 0 Å². The van der Waals surface area contributed by atoms with Crippen LogP contribution in [-0.4, -0.2) is 0 Å². The van der Waals surface area contributed by atoms with Crippen molar-refractivity contribution in [1.29, 1.82) is 0 Å². The smallest absolute Gasteiger partial charge is 0.0263 e. The van der Waals surface area contributed by atoms with E-state index in [1.54, 1.807) is 0 Å². The zero-order valence-corrected chi connectivity index (χ0v) is 6.30. The van der Waals surface area contributed by atoms with Crippen molar-refractivity contribution in [2.24, 2.45) is 0 Å². The second kappa shape index (κ2) is 12.4. The van der Waals surface area contributed by atoms with E-state index in [0.717, 1.165) is 0 Å². The maximum absolute atomic E-state index is 3.63. The van der Waals surface area contributed by atoms with Gasteiger partial charge >= 0.3 is 0 Å². The molecular formula is C8H12F4. The van der Waals surface area contributed by atoms with E-state index < -0.39 is 0 Å². The number of hydrogen-bond acceptors (Lipinski definition) is 0. The highest BCUT2D eigenvalue weighted by molar-refractivity contribution is 5.45. The Morgan fingerprint density at radius 1 is 0.833 bits per heavy atom. The Morgan fingerprint density at radius 2 is 1.25 bits per heavy atom. The molecule has 0 N–H and O–H groups in total. The molecule has 0 spiro atoms. The molecule has 0 fully saturated rings. The van der Waals surface area contributed by atoms with Crippen LogP contribution >= 0.6 is 0 Å². The van der Waals surface area contributed by atoms with Crippen LogP contribution in [0.3, 0.4) is 0 Å². The Morgan fingerprint density at radius 3 is 1.50 bits per heavy atom. The molecule has 12 heavy (non-hydrogen) atoms. The summed E-state index contributed by atoms with van der Waals surface area (Å²) in [5.74, 6) is 0. The fraction of sp³-hybridized carbons (Fsp3) is 0.